The van der Waals surface area contributed by atoms with Gasteiger partial charge in [-0.05, 0) is 20.8 Å². The summed E-state index contributed by atoms with van der Waals surface area (Å²) in [5, 5.41) is 3.86. The zero-order valence-electron chi connectivity index (χ0n) is 8.64. The molecule has 3 nitrogen and oxygen atoms in total. The van der Waals surface area contributed by atoms with Crippen LogP contribution in [-0.4, -0.2) is 21.7 Å². The lowest BCUT2D eigenvalue weighted by Crippen LogP contribution is -2.24. The van der Waals surface area contributed by atoms with Gasteiger partial charge in [0.25, 0.3) is 5.78 Å². The minimum atomic E-state index is -4.84. The van der Waals surface area contributed by atoms with Crippen LogP contribution in [0.4, 0.5) is 13.2 Å². The van der Waals surface area contributed by atoms with Crippen LogP contribution in [0.5, 0.6) is 0 Å². The molecule has 0 radical (unpaired) electrons. The van der Waals surface area contributed by atoms with E-state index in [0.717, 1.165) is 0 Å². The fourth-order valence-electron chi connectivity index (χ4n) is 1.48. The number of nitrogens with zero attached hydrogens (tertiary/aromatic N) is 2. The second kappa shape index (κ2) is 3.67. The van der Waals surface area contributed by atoms with Crippen molar-refractivity contribution in [2.45, 2.75) is 33.5 Å². The maximum absolute atomic E-state index is 12.2. The fourth-order valence-corrected chi connectivity index (χ4v) is 1.48. The lowest BCUT2D eigenvalue weighted by Gasteiger charge is -2.05. The van der Waals surface area contributed by atoms with Gasteiger partial charge in [0, 0.05) is 12.2 Å². The Morgan fingerprint density at radius 3 is 2.27 bits per heavy atom. The third kappa shape index (κ3) is 2.03. The molecule has 0 spiro atoms. The van der Waals surface area contributed by atoms with E-state index < -0.39 is 12.0 Å². The number of halogens is 3. The molecule has 15 heavy (non-hydrogen) atoms. The highest BCUT2D eigenvalue weighted by Crippen LogP contribution is 2.25. The van der Waals surface area contributed by atoms with Crippen LogP contribution in [0.25, 0.3) is 0 Å². The maximum atomic E-state index is 12.2. The third-order valence-corrected chi connectivity index (χ3v) is 2.17. The topological polar surface area (TPSA) is 34.9 Å². The summed E-state index contributed by atoms with van der Waals surface area (Å²) in [6.07, 6.45) is -4.84. The molecule has 0 aromatic carbocycles. The normalized spacial score (nSPS) is 11.9. The van der Waals surface area contributed by atoms with E-state index in [2.05, 4.69) is 5.10 Å². The van der Waals surface area contributed by atoms with E-state index in [0.29, 0.717) is 6.54 Å². The van der Waals surface area contributed by atoms with Crippen molar-refractivity contribution < 1.29 is 18.0 Å². The highest BCUT2D eigenvalue weighted by molar-refractivity contribution is 6.02. The van der Waals surface area contributed by atoms with Crippen LogP contribution in [0.15, 0.2) is 0 Å². The molecule has 0 amide bonds. The van der Waals surface area contributed by atoms with Gasteiger partial charge in [0.1, 0.15) is 0 Å². The molecule has 0 N–H and O–H groups in total. The van der Waals surface area contributed by atoms with Crippen molar-refractivity contribution >= 4 is 5.78 Å². The van der Waals surface area contributed by atoms with Crippen molar-refractivity contribution in [1.29, 1.82) is 0 Å². The lowest BCUT2D eigenvalue weighted by molar-refractivity contribution is -0.0886. The van der Waals surface area contributed by atoms with Crippen molar-refractivity contribution in [1.82, 2.24) is 9.78 Å². The number of hydrogen-bond donors (Lipinski definition) is 0. The van der Waals surface area contributed by atoms with Crippen LogP contribution in [-0.2, 0) is 6.54 Å². The van der Waals surface area contributed by atoms with E-state index >= 15 is 0 Å². The van der Waals surface area contributed by atoms with E-state index in [-0.39, 0.29) is 17.0 Å². The van der Waals surface area contributed by atoms with E-state index in [1.807, 2.05) is 0 Å². The van der Waals surface area contributed by atoms with Crippen molar-refractivity contribution in [2.24, 2.45) is 0 Å². The van der Waals surface area contributed by atoms with Crippen LogP contribution in [0, 0.1) is 13.8 Å². The molecular formula is C9H11F3N2O. The van der Waals surface area contributed by atoms with Crippen molar-refractivity contribution in [2.75, 3.05) is 0 Å². The number of hydrogen-bond acceptors (Lipinski definition) is 2. The molecule has 0 fully saturated rings. The zero-order valence-corrected chi connectivity index (χ0v) is 8.64. The Kier molecular flexibility index (Phi) is 2.88. The summed E-state index contributed by atoms with van der Waals surface area (Å²) in [5.41, 5.74) is 0.0540. The van der Waals surface area contributed by atoms with Crippen LogP contribution in [0.3, 0.4) is 0 Å². The largest absolute Gasteiger partial charge is 0.455 e. The van der Waals surface area contributed by atoms with Crippen molar-refractivity contribution in [3.8, 4) is 0 Å². The third-order valence-electron chi connectivity index (χ3n) is 2.17. The molecule has 1 aromatic rings. The fraction of sp³-hybridized carbons (Fsp3) is 0.556. The predicted octanol–water partition coefficient (Wildman–Crippen LogP) is 2.26. The summed E-state index contributed by atoms with van der Waals surface area (Å²) in [5.74, 6) is -1.82. The average Bonchev–Trinajstić information content (AvgIpc) is 2.39. The lowest BCUT2D eigenvalue weighted by atomic mass is 10.1. The van der Waals surface area contributed by atoms with Crippen LogP contribution in [0.1, 0.15) is 28.7 Å². The molecule has 0 atom stereocenters. The number of aryl methyl sites for hydroxylation is 2. The molecule has 0 saturated heterocycles. The molecule has 84 valence electrons. The second-order valence-electron chi connectivity index (χ2n) is 3.19. The Bertz CT molecular complexity index is 393. The summed E-state index contributed by atoms with van der Waals surface area (Å²) in [4.78, 5) is 11.1. The Morgan fingerprint density at radius 2 is 1.93 bits per heavy atom. The van der Waals surface area contributed by atoms with Gasteiger partial charge in [-0.25, -0.2) is 0 Å². The number of ketones is 1. The van der Waals surface area contributed by atoms with Crippen LogP contribution >= 0.6 is 0 Å². The SMILES string of the molecule is CCn1nc(C)c(C(=O)C(F)(F)F)c1C. The summed E-state index contributed by atoms with van der Waals surface area (Å²) < 4.78 is 38.0. The number of carbonyl (C=O) groups is 1. The summed E-state index contributed by atoms with van der Waals surface area (Å²) in [6, 6.07) is 0. The Balaban J connectivity index is 3.26. The number of Topliss-reactive ketones (excluding diaryl/α,β-unsaturated/α-hetero) is 1. The van der Waals surface area contributed by atoms with E-state index in [1.165, 1.54) is 18.5 Å². The molecule has 1 heterocycles. The first kappa shape index (κ1) is 11.7. The monoisotopic (exact) mass is 220 g/mol. The van der Waals surface area contributed by atoms with Gasteiger partial charge in [0.2, 0.25) is 0 Å². The standard InChI is InChI=1S/C9H11F3N2O/c1-4-14-6(3)7(5(2)13-14)8(15)9(10,11)12/h4H2,1-3H3. The van der Waals surface area contributed by atoms with Crippen molar-refractivity contribution in [3.63, 3.8) is 0 Å². The van der Waals surface area contributed by atoms with E-state index in [9.17, 15) is 18.0 Å². The van der Waals surface area contributed by atoms with Gasteiger partial charge in [0.05, 0.1) is 11.3 Å². The zero-order chi connectivity index (χ0) is 11.8. The highest BCUT2D eigenvalue weighted by atomic mass is 19.4. The Morgan fingerprint density at radius 1 is 1.40 bits per heavy atom. The first-order valence-corrected chi connectivity index (χ1v) is 4.44. The van der Waals surface area contributed by atoms with Gasteiger partial charge in [-0.1, -0.05) is 0 Å². The number of aromatic nitrogens is 2. The quantitative estimate of drug-likeness (QED) is 0.716. The van der Waals surface area contributed by atoms with Gasteiger partial charge in [-0.3, -0.25) is 9.48 Å². The van der Waals surface area contributed by atoms with Crippen molar-refractivity contribution in [3.05, 3.63) is 17.0 Å². The summed E-state index contributed by atoms with van der Waals surface area (Å²) >= 11 is 0. The molecular weight excluding hydrogens is 209 g/mol. The molecule has 0 aliphatic heterocycles. The number of carbonyl (C=O) groups excluding carboxylic acids is 1. The molecule has 1 rings (SSSR count). The highest BCUT2D eigenvalue weighted by Gasteiger charge is 2.42. The van der Waals surface area contributed by atoms with E-state index in [1.54, 1.807) is 6.92 Å². The molecule has 6 heteroatoms. The van der Waals surface area contributed by atoms with Gasteiger partial charge in [-0.2, -0.15) is 18.3 Å². The Hall–Kier alpha value is -1.33. The summed E-state index contributed by atoms with van der Waals surface area (Å²) in [7, 11) is 0. The van der Waals surface area contributed by atoms with Gasteiger partial charge in [0.15, 0.2) is 0 Å². The van der Waals surface area contributed by atoms with Crippen LogP contribution < -0.4 is 0 Å². The molecule has 1 aromatic heterocycles. The molecule has 0 aliphatic rings. The first-order chi connectivity index (χ1) is 6.79. The second-order valence-corrected chi connectivity index (χ2v) is 3.19. The smallest absolute Gasteiger partial charge is 0.284 e. The number of rotatable bonds is 2. The van der Waals surface area contributed by atoms with E-state index in [4.69, 9.17) is 0 Å². The average molecular weight is 220 g/mol. The minimum Gasteiger partial charge on any atom is -0.284 e. The molecule has 0 bridgehead atoms. The molecule has 0 aliphatic carbocycles. The predicted molar refractivity (Wildman–Crippen MR) is 47.8 cm³/mol. The maximum Gasteiger partial charge on any atom is 0.455 e. The van der Waals surface area contributed by atoms with Crippen LogP contribution in [0.2, 0.25) is 0 Å². The van der Waals surface area contributed by atoms with Gasteiger partial charge < -0.3 is 0 Å². The summed E-state index contributed by atoms with van der Waals surface area (Å²) in [6.45, 7) is 5.06. The van der Waals surface area contributed by atoms with Gasteiger partial charge >= 0.3 is 6.18 Å². The Labute approximate surface area is 84.9 Å². The molecule has 0 unspecified atom stereocenters. The minimum absolute atomic E-state index is 0.122. The van der Waals surface area contributed by atoms with Gasteiger partial charge in [-0.15, -0.1) is 0 Å². The molecule has 0 saturated carbocycles. The first-order valence-electron chi connectivity index (χ1n) is 4.44. The number of alkyl halides is 3.